The van der Waals surface area contributed by atoms with Crippen LogP contribution in [-0.2, 0) is 20.9 Å². The lowest BCUT2D eigenvalue weighted by Crippen LogP contribution is -2.52. The van der Waals surface area contributed by atoms with Gasteiger partial charge in [-0.15, -0.1) is 11.8 Å². The molecule has 1 aromatic rings. The van der Waals surface area contributed by atoms with Crippen molar-refractivity contribution in [2.45, 2.75) is 81.7 Å². The second kappa shape index (κ2) is 11.2. The van der Waals surface area contributed by atoms with Crippen molar-refractivity contribution in [2.75, 3.05) is 18.8 Å². The number of imide groups is 1. The van der Waals surface area contributed by atoms with Crippen LogP contribution in [0, 0.1) is 0 Å². The molecule has 1 N–H and O–H groups in total. The van der Waals surface area contributed by atoms with Crippen molar-refractivity contribution in [1.29, 1.82) is 0 Å². The molecule has 3 heterocycles. The van der Waals surface area contributed by atoms with Gasteiger partial charge in [-0.2, -0.15) is 0 Å². The summed E-state index contributed by atoms with van der Waals surface area (Å²) in [5.74, 6) is 0.580. The largest absolute Gasteiger partial charge is 0.343 e. The normalized spacial score (nSPS) is 20.5. The van der Waals surface area contributed by atoms with Gasteiger partial charge in [0.1, 0.15) is 6.04 Å². The van der Waals surface area contributed by atoms with E-state index in [-0.39, 0.29) is 24.1 Å². The maximum atomic E-state index is 12.9. The summed E-state index contributed by atoms with van der Waals surface area (Å²) in [6.45, 7) is 2.29. The Morgan fingerprint density at radius 2 is 1.76 bits per heavy atom. The number of hydrogen-bond donors (Lipinski definition) is 1. The van der Waals surface area contributed by atoms with E-state index in [1.165, 1.54) is 25.7 Å². The van der Waals surface area contributed by atoms with Gasteiger partial charge in [-0.3, -0.25) is 24.5 Å². The molecule has 0 aromatic heterocycles. The van der Waals surface area contributed by atoms with E-state index in [1.807, 2.05) is 17.0 Å². The highest BCUT2D eigenvalue weighted by Crippen LogP contribution is 2.34. The van der Waals surface area contributed by atoms with Gasteiger partial charge < -0.3 is 9.80 Å². The molecule has 0 spiro atoms. The zero-order chi connectivity index (χ0) is 23.2. The van der Waals surface area contributed by atoms with E-state index in [1.54, 1.807) is 16.7 Å². The predicted octanol–water partition coefficient (Wildman–Crippen LogP) is 3.50. The molecule has 3 aliphatic rings. The maximum Gasteiger partial charge on any atom is 0.255 e. The summed E-state index contributed by atoms with van der Waals surface area (Å²) in [7, 11) is 0. The Morgan fingerprint density at radius 3 is 2.52 bits per heavy atom. The van der Waals surface area contributed by atoms with E-state index in [0.29, 0.717) is 24.4 Å². The first-order chi connectivity index (χ1) is 16.0. The minimum atomic E-state index is -0.566. The number of hydrogen-bond acceptors (Lipinski definition) is 5. The van der Waals surface area contributed by atoms with E-state index < -0.39 is 6.04 Å². The molecule has 2 saturated heterocycles. The van der Waals surface area contributed by atoms with Crippen LogP contribution in [0.25, 0.3) is 0 Å². The number of carbonyl (C=O) groups excluding carboxylic acids is 4. The van der Waals surface area contributed by atoms with E-state index in [4.69, 9.17) is 0 Å². The fourth-order valence-corrected chi connectivity index (χ4v) is 6.02. The lowest BCUT2D eigenvalue weighted by Gasteiger charge is -2.29. The van der Waals surface area contributed by atoms with Gasteiger partial charge in [0.2, 0.25) is 17.7 Å². The molecule has 33 heavy (non-hydrogen) atoms. The van der Waals surface area contributed by atoms with Crippen LogP contribution in [0.15, 0.2) is 23.1 Å². The minimum absolute atomic E-state index is 0.113. The Bertz CT molecular complexity index is 919. The van der Waals surface area contributed by atoms with Gasteiger partial charge in [0, 0.05) is 42.9 Å². The van der Waals surface area contributed by atoms with Crippen LogP contribution in [-0.4, -0.2) is 58.3 Å². The van der Waals surface area contributed by atoms with Crippen LogP contribution in [0.5, 0.6) is 0 Å². The zero-order valence-electron chi connectivity index (χ0n) is 19.1. The quantitative estimate of drug-likeness (QED) is 0.303. The van der Waals surface area contributed by atoms with Crippen LogP contribution < -0.4 is 5.32 Å². The van der Waals surface area contributed by atoms with Crippen LogP contribution >= 0.6 is 11.8 Å². The molecule has 1 unspecified atom stereocenters. The average molecular weight is 472 g/mol. The lowest BCUT2D eigenvalue weighted by atomic mass is 10.0. The number of rotatable bonds is 11. The molecule has 3 aliphatic heterocycles. The predicted molar refractivity (Wildman–Crippen MR) is 127 cm³/mol. The average Bonchev–Trinajstić information content (AvgIpc) is 3.36. The van der Waals surface area contributed by atoms with E-state index in [9.17, 15) is 19.2 Å². The summed E-state index contributed by atoms with van der Waals surface area (Å²) in [6.07, 6.45) is 9.43. The molecule has 0 aliphatic carbocycles. The molecule has 178 valence electrons. The number of fused-ring (bicyclic) bond motifs is 1. The molecular weight excluding hydrogens is 438 g/mol. The second-order valence-electron chi connectivity index (χ2n) is 9.14. The molecule has 7 nitrogen and oxygen atoms in total. The number of likely N-dealkylation sites (tertiary alicyclic amines) is 1. The molecule has 1 atom stereocenters. The number of unbranched alkanes of at least 4 members (excludes halogenated alkanes) is 5. The van der Waals surface area contributed by atoms with Gasteiger partial charge in [-0.25, -0.2) is 0 Å². The van der Waals surface area contributed by atoms with Gasteiger partial charge >= 0.3 is 0 Å². The van der Waals surface area contributed by atoms with Crippen LogP contribution in [0.4, 0.5) is 0 Å². The molecule has 2 fully saturated rings. The first-order valence-electron chi connectivity index (χ1n) is 12.2. The molecule has 0 radical (unpaired) electrons. The van der Waals surface area contributed by atoms with Gasteiger partial charge in [0.25, 0.3) is 5.91 Å². The Balaban J connectivity index is 1.17. The highest BCUT2D eigenvalue weighted by atomic mass is 32.2. The van der Waals surface area contributed by atoms with Gasteiger partial charge in [0.05, 0.1) is 0 Å². The van der Waals surface area contributed by atoms with Crippen LogP contribution in [0.3, 0.4) is 0 Å². The number of piperidine rings is 1. The van der Waals surface area contributed by atoms with Crippen molar-refractivity contribution < 1.29 is 19.2 Å². The number of nitrogens with zero attached hydrogens (tertiary/aromatic N) is 2. The first kappa shape index (κ1) is 23.8. The van der Waals surface area contributed by atoms with E-state index in [2.05, 4.69) is 11.4 Å². The monoisotopic (exact) mass is 471 g/mol. The lowest BCUT2D eigenvalue weighted by molar-refractivity contribution is -0.137. The summed E-state index contributed by atoms with van der Waals surface area (Å²) in [4.78, 5) is 52.9. The number of thioether (sulfide) groups is 1. The van der Waals surface area contributed by atoms with E-state index >= 15 is 0 Å². The van der Waals surface area contributed by atoms with Crippen LogP contribution in [0.1, 0.15) is 80.1 Å². The fraction of sp³-hybridized carbons (Fsp3) is 0.600. The highest BCUT2D eigenvalue weighted by molar-refractivity contribution is 7.99. The number of benzene rings is 1. The van der Waals surface area contributed by atoms with Crippen LogP contribution in [0.2, 0.25) is 0 Å². The summed E-state index contributed by atoms with van der Waals surface area (Å²) in [5.41, 5.74) is 1.69. The van der Waals surface area contributed by atoms with Crippen molar-refractivity contribution >= 4 is 35.4 Å². The maximum absolute atomic E-state index is 12.9. The summed E-state index contributed by atoms with van der Waals surface area (Å²) in [6, 6.07) is 5.25. The third-order valence-corrected chi connectivity index (χ3v) is 7.98. The first-order valence-corrected chi connectivity index (χ1v) is 13.2. The number of nitrogens with one attached hydrogen (secondary N) is 1. The minimum Gasteiger partial charge on any atom is -0.343 e. The molecular formula is C25H33N3O4S. The van der Waals surface area contributed by atoms with Gasteiger partial charge in [-0.05, 0) is 49.1 Å². The van der Waals surface area contributed by atoms with Crippen molar-refractivity contribution in [1.82, 2.24) is 15.1 Å². The topological polar surface area (TPSA) is 86.8 Å². The fourth-order valence-electron chi connectivity index (χ4n) is 4.93. The highest BCUT2D eigenvalue weighted by Gasteiger charge is 2.39. The molecule has 8 heteroatoms. The Labute approximate surface area is 199 Å². The van der Waals surface area contributed by atoms with Gasteiger partial charge in [0.15, 0.2) is 0 Å². The van der Waals surface area contributed by atoms with Crippen molar-refractivity contribution in [3.05, 3.63) is 29.3 Å². The third kappa shape index (κ3) is 5.78. The molecule has 0 saturated carbocycles. The van der Waals surface area contributed by atoms with Crippen molar-refractivity contribution in [3.8, 4) is 0 Å². The smallest absolute Gasteiger partial charge is 0.255 e. The number of amides is 4. The summed E-state index contributed by atoms with van der Waals surface area (Å²) >= 11 is 1.79. The number of carbonyl (C=O) groups is 4. The molecule has 1 aromatic carbocycles. The van der Waals surface area contributed by atoms with Crippen molar-refractivity contribution in [3.63, 3.8) is 0 Å². The van der Waals surface area contributed by atoms with Crippen molar-refractivity contribution in [2.24, 2.45) is 0 Å². The zero-order valence-corrected chi connectivity index (χ0v) is 20.0. The SMILES string of the molecule is O=C1CCC(N2Cc3c(SCCCCCCCCN4CCCC4=O)cccc3C2=O)C(=O)N1. The van der Waals surface area contributed by atoms with E-state index in [0.717, 1.165) is 55.0 Å². The standard InChI is InChI=1S/C25H33N3O4S/c29-22-13-12-20(24(31)26-22)28-17-19-18(25(28)32)9-7-10-21(19)33-16-6-4-2-1-3-5-14-27-15-8-11-23(27)30/h7,9-10,20H,1-6,8,11-17H2,(H,26,29,31). The Hall–Kier alpha value is -2.35. The Kier molecular flexibility index (Phi) is 8.06. The summed E-state index contributed by atoms with van der Waals surface area (Å²) < 4.78 is 0. The molecule has 0 bridgehead atoms. The second-order valence-corrected chi connectivity index (χ2v) is 10.3. The molecule has 4 amide bonds. The third-order valence-electron chi connectivity index (χ3n) is 6.79. The molecule has 4 rings (SSSR count). The van der Waals surface area contributed by atoms with Gasteiger partial charge in [-0.1, -0.05) is 31.7 Å². The summed E-state index contributed by atoms with van der Waals surface area (Å²) in [5, 5.41) is 2.36. The Morgan fingerprint density at radius 1 is 0.970 bits per heavy atom.